The number of benzene rings is 1. The summed E-state index contributed by atoms with van der Waals surface area (Å²) in [6, 6.07) is 4.63. The fourth-order valence-electron chi connectivity index (χ4n) is 1.50. The van der Waals surface area contributed by atoms with Gasteiger partial charge in [0, 0.05) is 12.1 Å². The third kappa shape index (κ3) is 2.33. The van der Waals surface area contributed by atoms with Crippen LogP contribution in [0.1, 0.15) is 12.0 Å². The van der Waals surface area contributed by atoms with Crippen molar-refractivity contribution >= 4 is 17.5 Å². The van der Waals surface area contributed by atoms with Crippen molar-refractivity contribution in [2.24, 2.45) is 0 Å². The topological polar surface area (TPSA) is 41.1 Å². The summed E-state index contributed by atoms with van der Waals surface area (Å²) in [5, 5.41) is 5.72. The first kappa shape index (κ1) is 11.4. The molecule has 3 nitrogen and oxygen atoms in total. The Kier molecular flexibility index (Phi) is 3.41. The number of hydrogen-bond acceptors (Lipinski definition) is 2. The van der Waals surface area contributed by atoms with E-state index in [1.807, 2.05) is 0 Å². The van der Waals surface area contributed by atoms with Gasteiger partial charge in [-0.2, -0.15) is 0 Å². The second-order valence-electron chi connectivity index (χ2n) is 3.73. The Bertz CT molecular complexity index is 407. The summed E-state index contributed by atoms with van der Waals surface area (Å²) in [6.45, 7) is 1.03. The molecule has 1 aromatic rings. The van der Waals surface area contributed by atoms with Gasteiger partial charge in [0.15, 0.2) is 0 Å². The molecule has 5 heteroatoms. The zero-order valence-corrected chi connectivity index (χ0v) is 9.35. The van der Waals surface area contributed by atoms with Gasteiger partial charge in [-0.05, 0) is 19.0 Å². The third-order valence-electron chi connectivity index (χ3n) is 2.62. The van der Waals surface area contributed by atoms with Crippen LogP contribution in [0.3, 0.4) is 0 Å². The highest BCUT2D eigenvalue weighted by atomic mass is 35.5. The molecule has 0 aliphatic carbocycles. The summed E-state index contributed by atoms with van der Waals surface area (Å²) in [5.74, 6) is -0.559. The van der Waals surface area contributed by atoms with E-state index >= 15 is 0 Å². The molecule has 0 radical (unpaired) electrons. The molecule has 1 amide bonds. The van der Waals surface area contributed by atoms with Gasteiger partial charge in [-0.3, -0.25) is 4.79 Å². The van der Waals surface area contributed by atoms with Crippen LogP contribution in [0.25, 0.3) is 0 Å². The van der Waals surface area contributed by atoms with Crippen LogP contribution in [-0.2, 0) is 11.3 Å². The Hall–Kier alpha value is -1.13. The molecule has 0 bridgehead atoms. The maximum absolute atomic E-state index is 13.5. The standard InChI is InChI=1S/C11H12ClFN2O/c12-8-3-1-2-7(10(8)13)6-15-11(16)9-4-5-14-9/h1-3,9,14H,4-6H2,(H,15,16). The number of halogens is 2. The van der Waals surface area contributed by atoms with Gasteiger partial charge in [-0.25, -0.2) is 4.39 Å². The number of carbonyl (C=O) groups excluding carboxylic acids is 1. The Morgan fingerprint density at radius 2 is 2.38 bits per heavy atom. The van der Waals surface area contributed by atoms with E-state index in [9.17, 15) is 9.18 Å². The van der Waals surface area contributed by atoms with E-state index in [1.54, 1.807) is 12.1 Å². The van der Waals surface area contributed by atoms with Crippen molar-refractivity contribution in [2.45, 2.75) is 19.0 Å². The average Bonchev–Trinajstić information content (AvgIpc) is 2.18. The Balaban J connectivity index is 1.93. The minimum absolute atomic E-state index is 0.0773. The summed E-state index contributed by atoms with van der Waals surface area (Å²) in [7, 11) is 0. The molecular weight excluding hydrogens is 231 g/mol. The van der Waals surface area contributed by atoms with Gasteiger partial charge in [0.1, 0.15) is 5.82 Å². The highest BCUT2D eigenvalue weighted by Crippen LogP contribution is 2.17. The van der Waals surface area contributed by atoms with Gasteiger partial charge >= 0.3 is 0 Å². The van der Waals surface area contributed by atoms with Crippen LogP contribution in [0, 0.1) is 5.82 Å². The van der Waals surface area contributed by atoms with E-state index in [-0.39, 0.29) is 23.5 Å². The first-order valence-electron chi connectivity index (χ1n) is 5.12. The molecule has 1 fully saturated rings. The first-order valence-corrected chi connectivity index (χ1v) is 5.50. The van der Waals surface area contributed by atoms with Gasteiger partial charge in [0.2, 0.25) is 5.91 Å². The fraction of sp³-hybridized carbons (Fsp3) is 0.364. The van der Waals surface area contributed by atoms with Crippen molar-refractivity contribution in [3.8, 4) is 0 Å². The number of hydrogen-bond donors (Lipinski definition) is 2. The molecule has 1 atom stereocenters. The zero-order valence-electron chi connectivity index (χ0n) is 8.59. The molecule has 86 valence electrons. The lowest BCUT2D eigenvalue weighted by atomic mass is 10.1. The van der Waals surface area contributed by atoms with Crippen molar-refractivity contribution in [3.05, 3.63) is 34.6 Å². The van der Waals surface area contributed by atoms with Crippen LogP contribution < -0.4 is 10.6 Å². The molecule has 1 heterocycles. The third-order valence-corrected chi connectivity index (χ3v) is 2.92. The van der Waals surface area contributed by atoms with Crippen molar-refractivity contribution < 1.29 is 9.18 Å². The van der Waals surface area contributed by atoms with E-state index in [2.05, 4.69) is 10.6 Å². The molecule has 2 N–H and O–H groups in total. The molecule has 0 saturated carbocycles. The molecule has 16 heavy (non-hydrogen) atoms. The zero-order chi connectivity index (χ0) is 11.5. The molecule has 1 unspecified atom stereocenters. The Morgan fingerprint density at radius 3 is 3.00 bits per heavy atom. The van der Waals surface area contributed by atoms with Crippen LogP contribution in [0.2, 0.25) is 5.02 Å². The monoisotopic (exact) mass is 242 g/mol. The normalized spacial score (nSPS) is 19.0. The van der Waals surface area contributed by atoms with Crippen molar-refractivity contribution in [2.75, 3.05) is 6.54 Å². The second-order valence-corrected chi connectivity index (χ2v) is 4.13. The van der Waals surface area contributed by atoms with Crippen molar-refractivity contribution in [3.63, 3.8) is 0 Å². The van der Waals surface area contributed by atoms with E-state index in [1.165, 1.54) is 6.07 Å². The quantitative estimate of drug-likeness (QED) is 0.843. The summed E-state index contributed by atoms with van der Waals surface area (Å²) in [5.41, 5.74) is 0.403. The van der Waals surface area contributed by atoms with Crippen LogP contribution >= 0.6 is 11.6 Å². The lowest BCUT2D eigenvalue weighted by molar-refractivity contribution is -0.124. The Labute approximate surface area is 98.0 Å². The van der Waals surface area contributed by atoms with Crippen molar-refractivity contribution in [1.29, 1.82) is 0 Å². The molecule has 0 aromatic heterocycles. The summed E-state index contributed by atoms with van der Waals surface area (Å²) >= 11 is 5.63. The minimum Gasteiger partial charge on any atom is -0.351 e. The second kappa shape index (κ2) is 4.80. The van der Waals surface area contributed by atoms with Crippen LogP contribution in [-0.4, -0.2) is 18.5 Å². The fourth-order valence-corrected chi connectivity index (χ4v) is 1.70. The van der Waals surface area contributed by atoms with Gasteiger partial charge < -0.3 is 10.6 Å². The lowest BCUT2D eigenvalue weighted by Gasteiger charge is -2.26. The molecule has 1 aliphatic rings. The van der Waals surface area contributed by atoms with Crippen molar-refractivity contribution in [1.82, 2.24) is 10.6 Å². The first-order chi connectivity index (χ1) is 7.68. The molecule has 0 spiro atoms. The van der Waals surface area contributed by atoms with Crippen LogP contribution in [0.4, 0.5) is 4.39 Å². The van der Waals surface area contributed by atoms with Gasteiger partial charge in [-0.1, -0.05) is 23.7 Å². The molecular formula is C11H12ClFN2O. The average molecular weight is 243 g/mol. The number of rotatable bonds is 3. The molecule has 2 rings (SSSR count). The highest BCUT2D eigenvalue weighted by Gasteiger charge is 2.24. The maximum Gasteiger partial charge on any atom is 0.237 e. The molecule has 1 aromatic carbocycles. The summed E-state index contributed by atoms with van der Waals surface area (Å²) in [6.07, 6.45) is 0.837. The minimum atomic E-state index is -0.467. The van der Waals surface area contributed by atoms with E-state index in [0.717, 1.165) is 13.0 Å². The predicted octanol–water partition coefficient (Wildman–Crippen LogP) is 1.46. The lowest BCUT2D eigenvalue weighted by Crippen LogP contribution is -2.53. The SMILES string of the molecule is O=C(NCc1cccc(Cl)c1F)C1CCN1. The van der Waals surface area contributed by atoms with Gasteiger partial charge in [-0.15, -0.1) is 0 Å². The molecule has 1 aliphatic heterocycles. The van der Waals surface area contributed by atoms with E-state index in [0.29, 0.717) is 5.56 Å². The highest BCUT2D eigenvalue weighted by molar-refractivity contribution is 6.30. The van der Waals surface area contributed by atoms with E-state index in [4.69, 9.17) is 11.6 Å². The Morgan fingerprint density at radius 1 is 1.62 bits per heavy atom. The van der Waals surface area contributed by atoms with E-state index < -0.39 is 5.82 Å². The number of nitrogens with one attached hydrogen (secondary N) is 2. The van der Waals surface area contributed by atoms with Crippen LogP contribution in [0.15, 0.2) is 18.2 Å². The number of carbonyl (C=O) groups is 1. The smallest absolute Gasteiger partial charge is 0.237 e. The van der Waals surface area contributed by atoms with Gasteiger partial charge in [0.25, 0.3) is 0 Å². The maximum atomic E-state index is 13.5. The molecule has 1 saturated heterocycles. The van der Waals surface area contributed by atoms with Crippen LogP contribution in [0.5, 0.6) is 0 Å². The summed E-state index contributed by atoms with van der Waals surface area (Å²) < 4.78 is 13.5. The largest absolute Gasteiger partial charge is 0.351 e. The summed E-state index contributed by atoms with van der Waals surface area (Å²) in [4.78, 5) is 11.5. The predicted molar refractivity (Wildman–Crippen MR) is 59.7 cm³/mol. The van der Waals surface area contributed by atoms with Gasteiger partial charge in [0.05, 0.1) is 11.1 Å². The number of amides is 1.